The van der Waals surface area contributed by atoms with Crippen molar-refractivity contribution in [2.45, 2.75) is 24.9 Å². The summed E-state index contributed by atoms with van der Waals surface area (Å²) >= 11 is 1.04. The molecule has 1 N–H and O–H groups in total. The molecule has 6 nitrogen and oxygen atoms in total. The summed E-state index contributed by atoms with van der Waals surface area (Å²) in [7, 11) is 0. The second-order valence-electron chi connectivity index (χ2n) is 5.40. The average molecular weight is 358 g/mol. The van der Waals surface area contributed by atoms with E-state index in [1.807, 2.05) is 4.90 Å². The number of hydrogen-bond acceptors (Lipinski definition) is 6. The lowest BCUT2D eigenvalue weighted by atomic mass is 9.97. The molecule has 3 rings (SSSR count). The van der Waals surface area contributed by atoms with Crippen LogP contribution >= 0.6 is 11.3 Å². The number of aromatic carboxylic acids is 1. The van der Waals surface area contributed by atoms with Gasteiger partial charge in [0.25, 0.3) is 0 Å². The Morgan fingerprint density at radius 1 is 1.25 bits per heavy atom. The average Bonchev–Trinajstić information content (AvgIpc) is 3.05. The SMILES string of the molecule is O=C(O)c1cnc(N2CCC(c3nc(C(F)(F)F)cs3)CC2)cn1. The minimum Gasteiger partial charge on any atom is -0.476 e. The van der Waals surface area contributed by atoms with Crippen molar-refractivity contribution in [2.75, 3.05) is 18.0 Å². The third-order valence-corrected chi connectivity index (χ3v) is 4.85. The number of alkyl halides is 3. The van der Waals surface area contributed by atoms with E-state index < -0.39 is 17.8 Å². The summed E-state index contributed by atoms with van der Waals surface area (Å²) in [5.74, 6) is -0.584. The molecule has 0 aliphatic carbocycles. The summed E-state index contributed by atoms with van der Waals surface area (Å²) in [4.78, 5) is 24.3. The van der Waals surface area contributed by atoms with Crippen LogP contribution in [0.4, 0.5) is 19.0 Å². The number of piperidine rings is 1. The molecule has 0 unspecified atom stereocenters. The van der Waals surface area contributed by atoms with E-state index in [1.165, 1.54) is 12.4 Å². The smallest absolute Gasteiger partial charge is 0.434 e. The summed E-state index contributed by atoms with van der Waals surface area (Å²) in [5, 5.41) is 10.4. The monoisotopic (exact) mass is 358 g/mol. The summed E-state index contributed by atoms with van der Waals surface area (Å²) in [6, 6.07) is 0. The van der Waals surface area contributed by atoms with Gasteiger partial charge in [-0.1, -0.05) is 0 Å². The van der Waals surface area contributed by atoms with E-state index in [0.29, 0.717) is 36.8 Å². The second kappa shape index (κ2) is 6.34. The van der Waals surface area contributed by atoms with E-state index in [-0.39, 0.29) is 11.6 Å². The van der Waals surface area contributed by atoms with Crippen LogP contribution < -0.4 is 4.90 Å². The van der Waals surface area contributed by atoms with E-state index in [9.17, 15) is 18.0 Å². The van der Waals surface area contributed by atoms with Crippen molar-refractivity contribution in [3.63, 3.8) is 0 Å². The first-order valence-electron chi connectivity index (χ1n) is 7.17. The van der Waals surface area contributed by atoms with Gasteiger partial charge in [0.1, 0.15) is 5.82 Å². The van der Waals surface area contributed by atoms with Crippen molar-refractivity contribution in [3.05, 3.63) is 34.2 Å². The fourth-order valence-corrected chi connectivity index (χ4v) is 3.55. The fourth-order valence-electron chi connectivity index (χ4n) is 2.56. The van der Waals surface area contributed by atoms with Crippen LogP contribution in [0.1, 0.15) is 39.9 Å². The molecule has 0 bridgehead atoms. The molecule has 0 spiro atoms. The summed E-state index contributed by atoms with van der Waals surface area (Å²) in [5.41, 5.74) is -0.962. The van der Waals surface area contributed by atoms with Gasteiger partial charge in [-0.2, -0.15) is 13.2 Å². The Hall–Kier alpha value is -2.23. The number of rotatable bonds is 3. The highest BCUT2D eigenvalue weighted by Crippen LogP contribution is 2.36. The number of hydrogen-bond donors (Lipinski definition) is 1. The van der Waals surface area contributed by atoms with Crippen LogP contribution in [0.3, 0.4) is 0 Å². The number of anilines is 1. The van der Waals surface area contributed by atoms with E-state index in [0.717, 1.165) is 16.7 Å². The quantitative estimate of drug-likeness (QED) is 0.909. The van der Waals surface area contributed by atoms with Crippen molar-refractivity contribution in [3.8, 4) is 0 Å². The Morgan fingerprint density at radius 3 is 2.46 bits per heavy atom. The van der Waals surface area contributed by atoms with Gasteiger partial charge in [0.05, 0.1) is 17.4 Å². The molecular formula is C14H13F3N4O2S. The zero-order valence-electron chi connectivity index (χ0n) is 12.3. The number of aromatic nitrogens is 3. The van der Waals surface area contributed by atoms with Gasteiger partial charge in [0.15, 0.2) is 11.4 Å². The van der Waals surface area contributed by atoms with E-state index in [1.54, 1.807) is 0 Å². The van der Waals surface area contributed by atoms with Gasteiger partial charge in [-0.3, -0.25) is 0 Å². The van der Waals surface area contributed by atoms with Crippen LogP contribution in [0.2, 0.25) is 0 Å². The molecule has 1 saturated heterocycles. The third kappa shape index (κ3) is 3.48. The molecule has 128 valence electrons. The minimum absolute atomic E-state index is 0.00592. The number of carboxylic acid groups (broad SMARTS) is 1. The molecule has 1 aliphatic heterocycles. The molecule has 10 heteroatoms. The lowest BCUT2D eigenvalue weighted by Crippen LogP contribution is -2.33. The Kier molecular flexibility index (Phi) is 4.39. The number of thiazole rings is 1. The van der Waals surface area contributed by atoms with Crippen molar-refractivity contribution < 1.29 is 23.1 Å². The highest BCUT2D eigenvalue weighted by atomic mass is 32.1. The van der Waals surface area contributed by atoms with Gasteiger partial charge < -0.3 is 10.0 Å². The molecule has 2 aromatic heterocycles. The van der Waals surface area contributed by atoms with Crippen LogP contribution in [0, 0.1) is 0 Å². The largest absolute Gasteiger partial charge is 0.476 e. The molecule has 0 radical (unpaired) electrons. The maximum Gasteiger partial charge on any atom is 0.434 e. The fraction of sp³-hybridized carbons (Fsp3) is 0.429. The van der Waals surface area contributed by atoms with Gasteiger partial charge in [0.2, 0.25) is 0 Å². The summed E-state index contributed by atoms with van der Waals surface area (Å²) < 4.78 is 37.9. The Bertz CT molecular complexity index is 724. The van der Waals surface area contributed by atoms with E-state index in [4.69, 9.17) is 5.11 Å². The first-order chi connectivity index (χ1) is 11.3. The normalized spacial score (nSPS) is 16.4. The molecule has 0 aromatic carbocycles. The zero-order chi connectivity index (χ0) is 17.3. The Labute approximate surface area is 139 Å². The second-order valence-corrected chi connectivity index (χ2v) is 6.28. The maximum absolute atomic E-state index is 12.6. The lowest BCUT2D eigenvalue weighted by Gasteiger charge is -2.31. The highest BCUT2D eigenvalue weighted by molar-refractivity contribution is 7.09. The molecule has 0 amide bonds. The highest BCUT2D eigenvalue weighted by Gasteiger charge is 2.35. The molecule has 24 heavy (non-hydrogen) atoms. The third-order valence-electron chi connectivity index (χ3n) is 3.84. The maximum atomic E-state index is 12.6. The first-order valence-corrected chi connectivity index (χ1v) is 8.05. The van der Waals surface area contributed by atoms with Crippen molar-refractivity contribution >= 4 is 23.1 Å². The molecule has 1 aliphatic rings. The van der Waals surface area contributed by atoms with Crippen LogP contribution in [0.25, 0.3) is 0 Å². The van der Waals surface area contributed by atoms with Crippen LogP contribution in [-0.4, -0.2) is 39.1 Å². The molecule has 3 heterocycles. The van der Waals surface area contributed by atoms with E-state index >= 15 is 0 Å². The first kappa shape index (κ1) is 16.6. The molecular weight excluding hydrogens is 345 g/mol. The van der Waals surface area contributed by atoms with Gasteiger partial charge in [-0.15, -0.1) is 11.3 Å². The predicted octanol–water partition coefficient (Wildman–Crippen LogP) is 3.03. The van der Waals surface area contributed by atoms with Gasteiger partial charge in [0, 0.05) is 24.4 Å². The lowest BCUT2D eigenvalue weighted by molar-refractivity contribution is -0.140. The molecule has 1 fully saturated rings. The number of nitrogens with zero attached hydrogens (tertiary/aromatic N) is 4. The van der Waals surface area contributed by atoms with E-state index in [2.05, 4.69) is 15.0 Å². The molecule has 0 saturated carbocycles. The molecule has 2 aromatic rings. The van der Waals surface area contributed by atoms with Crippen LogP contribution in [0.15, 0.2) is 17.8 Å². The zero-order valence-corrected chi connectivity index (χ0v) is 13.1. The van der Waals surface area contributed by atoms with Crippen LogP contribution in [0.5, 0.6) is 0 Å². The number of halogens is 3. The van der Waals surface area contributed by atoms with Crippen molar-refractivity contribution in [1.29, 1.82) is 0 Å². The van der Waals surface area contributed by atoms with Crippen molar-refractivity contribution in [2.24, 2.45) is 0 Å². The van der Waals surface area contributed by atoms with Gasteiger partial charge in [-0.25, -0.2) is 19.7 Å². The van der Waals surface area contributed by atoms with Gasteiger partial charge >= 0.3 is 12.1 Å². The van der Waals surface area contributed by atoms with Crippen LogP contribution in [-0.2, 0) is 6.18 Å². The summed E-state index contributed by atoms with van der Waals surface area (Å²) in [6.45, 7) is 1.21. The number of carboxylic acids is 1. The molecule has 0 atom stereocenters. The van der Waals surface area contributed by atoms with Gasteiger partial charge in [-0.05, 0) is 12.8 Å². The van der Waals surface area contributed by atoms with Crippen molar-refractivity contribution in [1.82, 2.24) is 15.0 Å². The standard InChI is InChI=1S/C14H13F3N4O2S/c15-14(16,17)10-7-24-12(20-10)8-1-3-21(4-2-8)11-6-18-9(5-19-11)13(22)23/h5-8H,1-4H2,(H,22,23). The Morgan fingerprint density at radius 2 is 1.96 bits per heavy atom. The number of carbonyl (C=O) groups is 1. The minimum atomic E-state index is -4.41. The topological polar surface area (TPSA) is 79.2 Å². The Balaban J connectivity index is 1.63. The summed E-state index contributed by atoms with van der Waals surface area (Å²) in [6.07, 6.45) is -0.494. The predicted molar refractivity (Wildman–Crippen MR) is 80.3 cm³/mol.